The molecule has 0 N–H and O–H groups in total. The van der Waals surface area contributed by atoms with Gasteiger partial charge in [0.15, 0.2) is 14.7 Å². The van der Waals surface area contributed by atoms with Crippen molar-refractivity contribution in [1.82, 2.24) is 0 Å². The summed E-state index contributed by atoms with van der Waals surface area (Å²) in [6.45, 7) is 1.38. The van der Waals surface area contributed by atoms with Gasteiger partial charge in [-0.1, -0.05) is 72.8 Å². The minimum atomic E-state index is -0.286. The van der Waals surface area contributed by atoms with Crippen LogP contribution >= 0.6 is 0 Å². The third-order valence-electron chi connectivity index (χ3n) is 3.94. The molecule has 4 aromatic carbocycles. The van der Waals surface area contributed by atoms with Gasteiger partial charge >= 0.3 is 5.97 Å². The van der Waals surface area contributed by atoms with Crippen molar-refractivity contribution in [3.8, 4) is 5.75 Å². The zero-order chi connectivity index (χ0) is 20.3. The van der Waals surface area contributed by atoms with E-state index in [1.54, 1.807) is 12.1 Å². The first kappa shape index (κ1) is 20.4. The summed E-state index contributed by atoms with van der Waals surface area (Å²) in [5.41, 5.74) is 0. The summed E-state index contributed by atoms with van der Waals surface area (Å²) < 4.78 is 4.78. The monoisotopic (exact) mass is 399 g/mol. The molecular weight excluding hydrogens is 376 g/mol. The second-order valence-corrected chi connectivity index (χ2v) is 8.18. The molecule has 0 aliphatic carbocycles. The fraction of sp³-hybridized carbons (Fsp3) is 0.0385. The van der Waals surface area contributed by atoms with Crippen LogP contribution in [0.2, 0.25) is 0 Å². The number of esters is 1. The molecule has 0 amide bonds. The lowest BCUT2D eigenvalue weighted by Crippen LogP contribution is -2.04. The van der Waals surface area contributed by atoms with Crippen molar-refractivity contribution < 1.29 is 9.53 Å². The molecule has 0 radical (unpaired) electrons. The number of hydrogen-bond donors (Lipinski definition) is 0. The lowest BCUT2D eigenvalue weighted by Gasteiger charge is -2.07. The molecule has 3 heteroatoms. The topological polar surface area (TPSA) is 26.3 Å². The predicted molar refractivity (Wildman–Crippen MR) is 119 cm³/mol. The van der Waals surface area contributed by atoms with E-state index in [1.165, 1.54) is 21.6 Å². The van der Waals surface area contributed by atoms with Crippen LogP contribution in [0.3, 0.4) is 0 Å². The summed E-state index contributed by atoms with van der Waals surface area (Å²) >= 11 is 0. The van der Waals surface area contributed by atoms with Crippen LogP contribution in [0.5, 0.6) is 5.75 Å². The van der Waals surface area contributed by atoms with Crippen LogP contribution in [0.15, 0.2) is 136 Å². The first-order valence-electron chi connectivity index (χ1n) is 9.37. The van der Waals surface area contributed by atoms with Crippen LogP contribution in [0, 0.1) is 0 Å². The number of para-hydroxylation sites is 1. The van der Waals surface area contributed by atoms with Gasteiger partial charge < -0.3 is 4.74 Å². The van der Waals surface area contributed by atoms with Crippen molar-refractivity contribution in [2.45, 2.75) is 21.6 Å². The van der Waals surface area contributed by atoms with Crippen LogP contribution < -0.4 is 4.74 Å². The Morgan fingerprint density at radius 1 is 0.552 bits per heavy atom. The largest absolute Gasteiger partial charge is 0.427 e. The van der Waals surface area contributed by atoms with Crippen molar-refractivity contribution in [2.24, 2.45) is 0 Å². The Labute approximate surface area is 175 Å². The van der Waals surface area contributed by atoms with Crippen LogP contribution in [-0.2, 0) is 15.7 Å². The molecule has 29 heavy (non-hydrogen) atoms. The molecule has 2 nitrogen and oxygen atoms in total. The molecule has 0 aliphatic heterocycles. The van der Waals surface area contributed by atoms with Gasteiger partial charge in [-0.25, -0.2) is 0 Å². The van der Waals surface area contributed by atoms with Gasteiger partial charge in [-0.05, 0) is 48.5 Å². The van der Waals surface area contributed by atoms with E-state index in [9.17, 15) is 4.79 Å². The van der Waals surface area contributed by atoms with Gasteiger partial charge in [-0.15, -0.1) is 0 Å². The van der Waals surface area contributed by atoms with Gasteiger partial charge in [0.25, 0.3) is 0 Å². The molecule has 0 saturated heterocycles. The van der Waals surface area contributed by atoms with Gasteiger partial charge in [0.05, 0.1) is 10.9 Å². The molecule has 4 aromatic rings. The molecule has 0 atom stereocenters. The minimum Gasteiger partial charge on any atom is -0.427 e. The average molecular weight is 400 g/mol. The third kappa shape index (κ3) is 6.37. The highest BCUT2D eigenvalue weighted by atomic mass is 32.2. The van der Waals surface area contributed by atoms with Gasteiger partial charge in [-0.2, -0.15) is 0 Å². The normalized spacial score (nSPS) is 10.0. The second-order valence-electron chi connectivity index (χ2n) is 6.15. The summed E-state index contributed by atoms with van der Waals surface area (Å²) in [5, 5.41) is 0. The molecule has 4 rings (SSSR count). The number of benzene rings is 4. The highest BCUT2D eigenvalue weighted by Gasteiger charge is 2.27. The Hall–Kier alpha value is -3.30. The molecule has 0 fully saturated rings. The molecule has 144 valence electrons. The first-order valence-corrected chi connectivity index (χ1v) is 10.6. The Kier molecular flexibility index (Phi) is 7.67. The molecule has 0 bridgehead atoms. The maximum absolute atomic E-state index is 10.4. The fourth-order valence-corrected chi connectivity index (χ4v) is 4.84. The lowest BCUT2D eigenvalue weighted by atomic mass is 10.3. The molecular formula is C26H23O2S+. The maximum atomic E-state index is 10.4. The summed E-state index contributed by atoms with van der Waals surface area (Å²) in [6.07, 6.45) is 0. The number of ether oxygens (including phenoxy) is 1. The van der Waals surface area contributed by atoms with Crippen LogP contribution in [-0.4, -0.2) is 5.97 Å². The minimum absolute atomic E-state index is 0.0146. The Morgan fingerprint density at radius 2 is 0.862 bits per heavy atom. The summed E-state index contributed by atoms with van der Waals surface area (Å²) in [7, 11) is -0.0146. The summed E-state index contributed by atoms with van der Waals surface area (Å²) in [6, 6.07) is 41.1. The zero-order valence-electron chi connectivity index (χ0n) is 16.3. The number of hydrogen-bond acceptors (Lipinski definition) is 2. The Bertz CT molecular complexity index is 894. The highest BCUT2D eigenvalue weighted by molar-refractivity contribution is 7.97. The van der Waals surface area contributed by atoms with Crippen LogP contribution in [0.25, 0.3) is 0 Å². The summed E-state index contributed by atoms with van der Waals surface area (Å²) in [5.74, 6) is 0.307. The van der Waals surface area contributed by atoms with E-state index in [-0.39, 0.29) is 16.9 Å². The van der Waals surface area contributed by atoms with Crippen molar-refractivity contribution in [2.75, 3.05) is 0 Å². The quantitative estimate of drug-likeness (QED) is 0.226. The van der Waals surface area contributed by atoms with Gasteiger partial charge in [0.2, 0.25) is 0 Å². The Balaban J connectivity index is 0.000000204. The van der Waals surface area contributed by atoms with E-state index in [4.69, 9.17) is 4.74 Å². The van der Waals surface area contributed by atoms with E-state index in [2.05, 4.69) is 91.0 Å². The second kappa shape index (κ2) is 10.9. The molecule has 0 aliphatic rings. The van der Waals surface area contributed by atoms with E-state index in [0.29, 0.717) is 5.75 Å². The number of rotatable bonds is 4. The average Bonchev–Trinajstić information content (AvgIpc) is 2.77. The number of carbonyl (C=O) groups excluding carboxylic acids is 1. The van der Waals surface area contributed by atoms with Crippen LogP contribution in [0.1, 0.15) is 6.92 Å². The number of carbonyl (C=O) groups is 1. The lowest BCUT2D eigenvalue weighted by molar-refractivity contribution is -0.131. The van der Waals surface area contributed by atoms with Gasteiger partial charge in [0, 0.05) is 6.92 Å². The Morgan fingerprint density at radius 3 is 1.17 bits per heavy atom. The van der Waals surface area contributed by atoms with E-state index in [0.717, 1.165) is 0 Å². The van der Waals surface area contributed by atoms with Crippen molar-refractivity contribution in [3.05, 3.63) is 121 Å². The zero-order valence-corrected chi connectivity index (χ0v) is 17.1. The maximum Gasteiger partial charge on any atom is 0.308 e. The molecule has 0 spiro atoms. The molecule has 0 heterocycles. The van der Waals surface area contributed by atoms with E-state index < -0.39 is 0 Å². The van der Waals surface area contributed by atoms with Crippen molar-refractivity contribution >= 4 is 16.9 Å². The smallest absolute Gasteiger partial charge is 0.308 e. The fourth-order valence-electron chi connectivity index (χ4n) is 2.73. The van der Waals surface area contributed by atoms with Gasteiger partial charge in [0.1, 0.15) is 5.75 Å². The van der Waals surface area contributed by atoms with Gasteiger partial charge in [-0.3, -0.25) is 4.79 Å². The van der Waals surface area contributed by atoms with Crippen molar-refractivity contribution in [1.29, 1.82) is 0 Å². The SMILES string of the molecule is CC(=O)Oc1ccccc1.c1ccc([S+](c2ccccc2)c2ccccc2)cc1. The van der Waals surface area contributed by atoms with E-state index >= 15 is 0 Å². The predicted octanol–water partition coefficient (Wildman–Crippen LogP) is 6.39. The molecule has 0 aromatic heterocycles. The van der Waals surface area contributed by atoms with Crippen LogP contribution in [0.4, 0.5) is 0 Å². The molecule has 0 saturated carbocycles. The molecule has 0 unspecified atom stereocenters. The summed E-state index contributed by atoms with van der Waals surface area (Å²) in [4.78, 5) is 14.5. The first-order chi connectivity index (χ1) is 14.2. The standard InChI is InChI=1S/C18H15S.C8H8O2/c1-4-10-16(11-5-1)19(17-12-6-2-7-13-17)18-14-8-3-9-15-18;1-7(9)10-8-5-3-2-4-6-8/h1-15H;2-6H,1H3/q+1;. The van der Waals surface area contributed by atoms with E-state index in [1.807, 2.05) is 18.2 Å². The highest BCUT2D eigenvalue weighted by Crippen LogP contribution is 2.30. The van der Waals surface area contributed by atoms with Crippen molar-refractivity contribution in [3.63, 3.8) is 0 Å². The third-order valence-corrected chi connectivity index (χ3v) is 6.17.